The molecule has 1 aromatic heterocycles. The van der Waals surface area contributed by atoms with E-state index in [1.165, 1.54) is 11.6 Å². The van der Waals surface area contributed by atoms with Gasteiger partial charge < -0.3 is 9.80 Å². The molecule has 2 aliphatic heterocycles. The van der Waals surface area contributed by atoms with Gasteiger partial charge in [0.15, 0.2) is 5.56 Å². The minimum atomic E-state index is -0.499. The molecule has 0 radical (unpaired) electrons. The van der Waals surface area contributed by atoms with Crippen molar-refractivity contribution in [3.05, 3.63) is 26.4 Å². The lowest BCUT2D eigenvalue weighted by molar-refractivity contribution is 0.153. The highest BCUT2D eigenvalue weighted by atomic mass is 16.2. The Morgan fingerprint density at radius 2 is 1.83 bits per heavy atom. The van der Waals surface area contributed by atoms with Gasteiger partial charge in [-0.05, 0) is 38.8 Å². The summed E-state index contributed by atoms with van der Waals surface area (Å²) in [5.41, 5.74) is -0.797. The van der Waals surface area contributed by atoms with Crippen molar-refractivity contribution >= 4 is 5.82 Å². The van der Waals surface area contributed by atoms with Crippen LogP contribution in [0.4, 0.5) is 5.82 Å². The van der Waals surface area contributed by atoms with Crippen LogP contribution in [0.5, 0.6) is 0 Å². The van der Waals surface area contributed by atoms with Crippen LogP contribution >= 0.6 is 0 Å². The van der Waals surface area contributed by atoms with Gasteiger partial charge in [0.05, 0.1) is 0 Å². The highest BCUT2D eigenvalue weighted by Crippen LogP contribution is 2.33. The van der Waals surface area contributed by atoms with E-state index in [1.807, 2.05) is 6.07 Å². The Morgan fingerprint density at radius 3 is 2.52 bits per heavy atom. The third kappa shape index (κ3) is 2.47. The van der Waals surface area contributed by atoms with Gasteiger partial charge in [0.25, 0.3) is 5.56 Å². The molecule has 0 N–H and O–H groups in total. The molecular formula is C16H23N5O2. The summed E-state index contributed by atoms with van der Waals surface area (Å²) in [5, 5.41) is 9.49. The molecule has 0 spiro atoms. The third-order valence-corrected chi connectivity index (χ3v) is 5.29. The number of likely N-dealkylation sites (tertiary alicyclic amines) is 1. The van der Waals surface area contributed by atoms with Gasteiger partial charge in [-0.15, -0.1) is 0 Å². The molecule has 2 fully saturated rings. The van der Waals surface area contributed by atoms with Crippen LogP contribution in [-0.2, 0) is 14.1 Å². The number of aromatic nitrogens is 2. The summed E-state index contributed by atoms with van der Waals surface area (Å²) in [5.74, 6) is 1.02. The first-order chi connectivity index (χ1) is 11.0. The second-order valence-electron chi connectivity index (χ2n) is 6.73. The number of piperidine rings is 2. The molecule has 0 unspecified atom stereocenters. The zero-order chi connectivity index (χ0) is 16.7. The molecule has 0 bridgehead atoms. The number of hydrogen-bond acceptors (Lipinski definition) is 5. The zero-order valence-corrected chi connectivity index (χ0v) is 13.9. The standard InChI is InChI=1S/C16H23N5O2/c1-18-8-6-13-11(10-18)5-4-7-21(13)14-12(9-17)15(22)20(3)16(23)19(14)2/h11,13H,4-8,10H2,1-3H3/t11-,13-/m0/s1. The molecule has 3 heterocycles. The first-order valence-corrected chi connectivity index (χ1v) is 8.11. The van der Waals surface area contributed by atoms with E-state index in [-0.39, 0.29) is 11.3 Å². The van der Waals surface area contributed by atoms with Crippen molar-refractivity contribution in [1.82, 2.24) is 14.0 Å². The van der Waals surface area contributed by atoms with Crippen LogP contribution in [0.3, 0.4) is 0 Å². The first kappa shape index (κ1) is 15.8. The fourth-order valence-corrected chi connectivity index (χ4v) is 4.12. The summed E-state index contributed by atoms with van der Waals surface area (Å²) in [6.07, 6.45) is 3.17. The molecule has 23 heavy (non-hydrogen) atoms. The van der Waals surface area contributed by atoms with E-state index in [2.05, 4.69) is 16.8 Å². The molecule has 3 rings (SSSR count). The van der Waals surface area contributed by atoms with E-state index in [0.29, 0.717) is 17.8 Å². The summed E-state index contributed by atoms with van der Waals surface area (Å²) >= 11 is 0. The van der Waals surface area contributed by atoms with Gasteiger partial charge in [0.2, 0.25) is 0 Å². The molecule has 124 valence electrons. The minimum absolute atomic E-state index is 0.0779. The molecule has 2 saturated heterocycles. The SMILES string of the molecule is CN1CC[C@H]2[C@@H](CCCN2c2c(C#N)c(=O)n(C)c(=O)n2C)C1. The largest absolute Gasteiger partial charge is 0.353 e. The van der Waals surface area contributed by atoms with E-state index < -0.39 is 5.56 Å². The van der Waals surface area contributed by atoms with Crippen molar-refractivity contribution in [2.24, 2.45) is 20.0 Å². The monoisotopic (exact) mass is 317 g/mol. The summed E-state index contributed by atoms with van der Waals surface area (Å²) < 4.78 is 2.47. The number of fused-ring (bicyclic) bond motifs is 1. The number of nitrogens with zero attached hydrogens (tertiary/aromatic N) is 5. The Labute approximate surface area is 135 Å². The number of anilines is 1. The van der Waals surface area contributed by atoms with Gasteiger partial charge in [-0.1, -0.05) is 0 Å². The lowest BCUT2D eigenvalue weighted by Crippen LogP contribution is -2.55. The quantitative estimate of drug-likeness (QED) is 0.722. The van der Waals surface area contributed by atoms with Crippen molar-refractivity contribution in [3.63, 3.8) is 0 Å². The molecule has 0 saturated carbocycles. The summed E-state index contributed by atoms with van der Waals surface area (Å²) in [7, 11) is 5.20. The second-order valence-corrected chi connectivity index (χ2v) is 6.73. The van der Waals surface area contributed by atoms with Crippen LogP contribution in [0.15, 0.2) is 9.59 Å². The normalized spacial score (nSPS) is 25.0. The molecule has 0 amide bonds. The molecule has 1 aromatic rings. The molecule has 2 aliphatic rings. The Morgan fingerprint density at radius 1 is 1.09 bits per heavy atom. The zero-order valence-electron chi connectivity index (χ0n) is 13.9. The van der Waals surface area contributed by atoms with E-state index in [0.717, 1.165) is 43.5 Å². The third-order valence-electron chi connectivity index (χ3n) is 5.29. The van der Waals surface area contributed by atoms with Gasteiger partial charge in [0.1, 0.15) is 11.9 Å². The minimum Gasteiger partial charge on any atom is -0.353 e. The predicted octanol–water partition coefficient (Wildman–Crippen LogP) is -0.124. The molecule has 7 nitrogen and oxygen atoms in total. The molecule has 0 aromatic carbocycles. The van der Waals surface area contributed by atoms with Gasteiger partial charge in [-0.2, -0.15) is 5.26 Å². The molecule has 2 atom stereocenters. The molecule has 0 aliphatic carbocycles. The van der Waals surface area contributed by atoms with Crippen LogP contribution in [-0.4, -0.2) is 46.8 Å². The Hall–Kier alpha value is -2.07. The number of nitriles is 1. The van der Waals surface area contributed by atoms with Crippen LogP contribution in [0.25, 0.3) is 0 Å². The van der Waals surface area contributed by atoms with E-state index >= 15 is 0 Å². The van der Waals surface area contributed by atoms with Crippen LogP contribution < -0.4 is 16.1 Å². The van der Waals surface area contributed by atoms with Crippen LogP contribution in [0.1, 0.15) is 24.8 Å². The van der Waals surface area contributed by atoms with Gasteiger partial charge in [0, 0.05) is 33.2 Å². The summed E-state index contributed by atoms with van der Waals surface area (Å²) in [4.78, 5) is 29.1. The average Bonchev–Trinajstić information content (AvgIpc) is 2.55. The van der Waals surface area contributed by atoms with Gasteiger partial charge >= 0.3 is 5.69 Å². The van der Waals surface area contributed by atoms with Crippen molar-refractivity contribution < 1.29 is 0 Å². The first-order valence-electron chi connectivity index (χ1n) is 8.11. The van der Waals surface area contributed by atoms with Crippen molar-refractivity contribution in [2.75, 3.05) is 31.6 Å². The van der Waals surface area contributed by atoms with E-state index in [1.54, 1.807) is 7.05 Å². The van der Waals surface area contributed by atoms with Crippen molar-refractivity contribution in [2.45, 2.75) is 25.3 Å². The molecular weight excluding hydrogens is 294 g/mol. The van der Waals surface area contributed by atoms with Crippen LogP contribution in [0.2, 0.25) is 0 Å². The maximum atomic E-state index is 12.3. The van der Waals surface area contributed by atoms with E-state index in [4.69, 9.17) is 0 Å². The highest BCUT2D eigenvalue weighted by Gasteiger charge is 2.37. The average molecular weight is 317 g/mol. The van der Waals surface area contributed by atoms with Crippen molar-refractivity contribution in [1.29, 1.82) is 5.26 Å². The Balaban J connectivity index is 2.13. The smallest absolute Gasteiger partial charge is 0.332 e. The number of rotatable bonds is 1. The Bertz CT molecular complexity index is 772. The van der Waals surface area contributed by atoms with Crippen molar-refractivity contribution in [3.8, 4) is 6.07 Å². The Kier molecular flexibility index (Phi) is 4.02. The fraction of sp³-hybridized carbons (Fsp3) is 0.688. The lowest BCUT2D eigenvalue weighted by atomic mass is 9.84. The fourth-order valence-electron chi connectivity index (χ4n) is 4.12. The summed E-state index contributed by atoms with van der Waals surface area (Å²) in [6.45, 7) is 2.82. The maximum absolute atomic E-state index is 12.3. The lowest BCUT2D eigenvalue weighted by Gasteiger charge is -2.47. The topological polar surface area (TPSA) is 74.3 Å². The predicted molar refractivity (Wildman–Crippen MR) is 87.6 cm³/mol. The van der Waals surface area contributed by atoms with Crippen LogP contribution in [0, 0.1) is 17.2 Å². The van der Waals surface area contributed by atoms with Gasteiger partial charge in [-0.25, -0.2) is 4.79 Å². The second kappa shape index (κ2) is 5.85. The van der Waals surface area contributed by atoms with Gasteiger partial charge in [-0.3, -0.25) is 13.9 Å². The summed E-state index contributed by atoms with van der Waals surface area (Å²) in [6, 6.07) is 2.33. The number of hydrogen-bond donors (Lipinski definition) is 0. The molecule has 7 heteroatoms. The highest BCUT2D eigenvalue weighted by molar-refractivity contribution is 5.54. The maximum Gasteiger partial charge on any atom is 0.332 e. The van der Waals surface area contributed by atoms with E-state index in [9.17, 15) is 14.9 Å².